The Bertz CT molecular complexity index is 1420. The maximum Gasteiger partial charge on any atom is 0.0369 e. The van der Waals surface area contributed by atoms with Crippen LogP contribution in [0.1, 0.15) is 41.9 Å². The van der Waals surface area contributed by atoms with Crippen molar-refractivity contribution in [3.8, 4) is 0 Å². The van der Waals surface area contributed by atoms with Crippen LogP contribution in [0.2, 0.25) is 0 Å². The molecule has 0 aromatic heterocycles. The molecule has 1 spiro atoms. The van der Waals surface area contributed by atoms with Crippen molar-refractivity contribution in [2.24, 2.45) is 5.41 Å². The van der Waals surface area contributed by atoms with Gasteiger partial charge in [-0.05, 0) is 77.9 Å². The first-order valence-electron chi connectivity index (χ1n) is 13.5. The molecule has 0 amide bonds. The molecule has 0 saturated carbocycles. The fraction of sp³-hybridized carbons (Fsp3) is 0.222. The van der Waals surface area contributed by atoms with Gasteiger partial charge in [0.05, 0.1) is 0 Å². The number of likely N-dealkylation sites (N-methyl/N-ethyl adjacent to an activating group) is 1. The van der Waals surface area contributed by atoms with E-state index in [-0.39, 0.29) is 11.3 Å². The van der Waals surface area contributed by atoms with E-state index in [0.717, 1.165) is 19.4 Å². The fourth-order valence-electron chi connectivity index (χ4n) is 6.74. The molecule has 0 N–H and O–H groups in total. The highest BCUT2D eigenvalue weighted by Crippen LogP contribution is 2.66. The summed E-state index contributed by atoms with van der Waals surface area (Å²) in [6, 6.07) is 33.5. The molecule has 3 aliphatic rings. The topological polar surface area (TPSA) is 3.24 Å². The van der Waals surface area contributed by atoms with Gasteiger partial charge in [-0.3, -0.25) is 0 Å². The van der Waals surface area contributed by atoms with E-state index in [1.165, 1.54) is 45.4 Å². The number of hydrogen-bond donors (Lipinski definition) is 0. The van der Waals surface area contributed by atoms with Gasteiger partial charge in [0.1, 0.15) is 0 Å². The standard InChI is InChI=1S/C36H35N/c1-37(2)26-30-22-15-23-31(30)35-33(28-18-9-4-10-19-28)32(27-16-7-3-8-17-27)34(29-20-11-5-12-21-29)36(35)24-13-6-14-25-36/h3-5,7-13,15-24,33H,6,14,25-26H2,1-2H3/b35-31+. The van der Waals surface area contributed by atoms with Gasteiger partial charge >= 0.3 is 0 Å². The van der Waals surface area contributed by atoms with Crippen LogP contribution in [-0.2, 0) is 0 Å². The Kier molecular flexibility index (Phi) is 6.40. The third-order valence-electron chi connectivity index (χ3n) is 8.08. The first kappa shape index (κ1) is 23.7. The molecule has 1 heteroatoms. The van der Waals surface area contributed by atoms with E-state index >= 15 is 0 Å². The summed E-state index contributed by atoms with van der Waals surface area (Å²) >= 11 is 0. The summed E-state index contributed by atoms with van der Waals surface area (Å²) < 4.78 is 0. The number of benzene rings is 3. The van der Waals surface area contributed by atoms with Crippen molar-refractivity contribution in [3.63, 3.8) is 0 Å². The lowest BCUT2D eigenvalue weighted by Crippen LogP contribution is -2.25. The molecule has 1 nitrogen and oxygen atoms in total. The molecule has 0 saturated heterocycles. The molecule has 0 heterocycles. The van der Waals surface area contributed by atoms with Crippen LogP contribution in [0.15, 0.2) is 138 Å². The van der Waals surface area contributed by atoms with E-state index in [4.69, 9.17) is 0 Å². The zero-order valence-corrected chi connectivity index (χ0v) is 21.9. The van der Waals surface area contributed by atoms with E-state index in [9.17, 15) is 0 Å². The van der Waals surface area contributed by atoms with E-state index in [2.05, 4.69) is 140 Å². The number of rotatable bonds is 5. The molecule has 6 rings (SSSR count). The molecule has 3 aromatic carbocycles. The fourth-order valence-corrected chi connectivity index (χ4v) is 6.74. The van der Waals surface area contributed by atoms with Crippen LogP contribution >= 0.6 is 0 Å². The van der Waals surface area contributed by atoms with Crippen LogP contribution < -0.4 is 0 Å². The Morgan fingerprint density at radius 2 is 1.46 bits per heavy atom. The van der Waals surface area contributed by atoms with Crippen molar-refractivity contribution >= 4 is 11.1 Å². The number of allylic oxidation sites excluding steroid dienone is 8. The number of hydrogen-bond acceptors (Lipinski definition) is 1. The van der Waals surface area contributed by atoms with Gasteiger partial charge in [-0.15, -0.1) is 0 Å². The van der Waals surface area contributed by atoms with Crippen molar-refractivity contribution in [2.75, 3.05) is 20.6 Å². The zero-order valence-electron chi connectivity index (χ0n) is 21.9. The predicted molar refractivity (Wildman–Crippen MR) is 157 cm³/mol. The highest BCUT2D eigenvalue weighted by atomic mass is 15.0. The predicted octanol–water partition coefficient (Wildman–Crippen LogP) is 8.48. The summed E-state index contributed by atoms with van der Waals surface area (Å²) in [4.78, 5) is 2.29. The molecular formula is C36H35N. The summed E-state index contributed by atoms with van der Waals surface area (Å²) in [5.41, 5.74) is 11.2. The van der Waals surface area contributed by atoms with Gasteiger partial charge in [-0.2, -0.15) is 0 Å². The zero-order chi connectivity index (χ0) is 25.2. The minimum absolute atomic E-state index is 0.138. The molecule has 3 aliphatic carbocycles. The maximum atomic E-state index is 2.56. The Morgan fingerprint density at radius 3 is 2.08 bits per heavy atom. The second-order valence-corrected chi connectivity index (χ2v) is 10.7. The second kappa shape index (κ2) is 10.00. The summed E-state index contributed by atoms with van der Waals surface area (Å²) in [6.45, 7) is 0.939. The maximum absolute atomic E-state index is 2.56. The van der Waals surface area contributed by atoms with E-state index in [1.807, 2.05) is 0 Å². The van der Waals surface area contributed by atoms with Crippen molar-refractivity contribution in [1.29, 1.82) is 0 Å². The largest absolute Gasteiger partial charge is 0.305 e. The molecule has 0 aliphatic heterocycles. The lowest BCUT2D eigenvalue weighted by molar-refractivity contribution is 0.446. The highest BCUT2D eigenvalue weighted by molar-refractivity contribution is 6.04. The summed E-state index contributed by atoms with van der Waals surface area (Å²) in [7, 11) is 4.34. The minimum atomic E-state index is -0.138. The average molecular weight is 482 g/mol. The van der Waals surface area contributed by atoms with Crippen LogP contribution in [0.25, 0.3) is 11.1 Å². The van der Waals surface area contributed by atoms with Gasteiger partial charge in [-0.25, -0.2) is 0 Å². The normalized spacial score (nSPS) is 24.9. The third-order valence-corrected chi connectivity index (χ3v) is 8.08. The third kappa shape index (κ3) is 4.18. The van der Waals surface area contributed by atoms with Crippen LogP contribution in [0.5, 0.6) is 0 Å². The second-order valence-electron chi connectivity index (χ2n) is 10.7. The van der Waals surface area contributed by atoms with Gasteiger partial charge in [0.25, 0.3) is 0 Å². The molecular weight excluding hydrogens is 446 g/mol. The molecule has 184 valence electrons. The molecule has 2 atom stereocenters. The quantitative estimate of drug-likeness (QED) is 0.330. The van der Waals surface area contributed by atoms with Gasteiger partial charge in [0, 0.05) is 17.9 Å². The first-order valence-corrected chi connectivity index (χ1v) is 13.5. The average Bonchev–Trinajstić information content (AvgIpc) is 3.49. The van der Waals surface area contributed by atoms with Gasteiger partial charge in [0.2, 0.25) is 0 Å². The van der Waals surface area contributed by atoms with Crippen LogP contribution in [0.4, 0.5) is 0 Å². The monoisotopic (exact) mass is 481 g/mol. The van der Waals surface area contributed by atoms with Crippen LogP contribution in [-0.4, -0.2) is 25.5 Å². The first-order chi connectivity index (χ1) is 18.2. The lowest BCUT2D eigenvalue weighted by Gasteiger charge is -2.37. The van der Waals surface area contributed by atoms with Crippen molar-refractivity contribution in [2.45, 2.75) is 25.2 Å². The smallest absolute Gasteiger partial charge is 0.0369 e. The Labute approximate surface area is 221 Å². The van der Waals surface area contributed by atoms with Crippen LogP contribution in [0.3, 0.4) is 0 Å². The van der Waals surface area contributed by atoms with Crippen LogP contribution in [0, 0.1) is 5.41 Å². The summed E-state index contributed by atoms with van der Waals surface area (Å²) in [5, 5.41) is 0. The molecule has 3 aromatic rings. The Hall–Kier alpha value is -3.68. The molecule has 0 fully saturated rings. The van der Waals surface area contributed by atoms with Crippen molar-refractivity contribution in [1.82, 2.24) is 4.90 Å². The number of nitrogens with zero attached hydrogens (tertiary/aromatic N) is 1. The van der Waals surface area contributed by atoms with Crippen molar-refractivity contribution < 1.29 is 0 Å². The summed E-state index contributed by atoms with van der Waals surface area (Å²) in [5.74, 6) is 0.185. The van der Waals surface area contributed by atoms with Crippen molar-refractivity contribution in [3.05, 3.63) is 155 Å². The van der Waals surface area contributed by atoms with Gasteiger partial charge in [-0.1, -0.05) is 121 Å². The SMILES string of the molecule is CN(C)CC1=CC=C/C1=C1/C(c2ccccc2)C(c2ccccc2)=C(c2ccccc2)C12C=CCCC2. The molecule has 0 bridgehead atoms. The Morgan fingerprint density at radius 1 is 0.811 bits per heavy atom. The lowest BCUT2D eigenvalue weighted by atomic mass is 9.66. The van der Waals surface area contributed by atoms with Gasteiger partial charge in [0.15, 0.2) is 0 Å². The molecule has 0 radical (unpaired) electrons. The summed E-state index contributed by atoms with van der Waals surface area (Å²) in [6.07, 6.45) is 15.5. The van der Waals surface area contributed by atoms with E-state index in [1.54, 1.807) is 5.57 Å². The van der Waals surface area contributed by atoms with E-state index in [0.29, 0.717) is 0 Å². The Balaban J connectivity index is 1.74. The van der Waals surface area contributed by atoms with E-state index < -0.39 is 0 Å². The minimum Gasteiger partial charge on any atom is -0.305 e. The molecule has 2 unspecified atom stereocenters. The highest BCUT2D eigenvalue weighted by Gasteiger charge is 2.51. The van der Waals surface area contributed by atoms with Gasteiger partial charge < -0.3 is 4.90 Å². The molecule has 37 heavy (non-hydrogen) atoms.